The van der Waals surface area contributed by atoms with Gasteiger partial charge in [-0.15, -0.1) is 11.3 Å². The third-order valence-corrected chi connectivity index (χ3v) is 5.13. The van der Waals surface area contributed by atoms with Gasteiger partial charge in [-0.2, -0.15) is 0 Å². The molecular formula is C16H29NS. The molecule has 0 aliphatic carbocycles. The van der Waals surface area contributed by atoms with Crippen LogP contribution in [-0.2, 0) is 6.42 Å². The van der Waals surface area contributed by atoms with Crippen molar-refractivity contribution in [1.29, 1.82) is 0 Å². The zero-order valence-corrected chi connectivity index (χ0v) is 13.3. The van der Waals surface area contributed by atoms with E-state index in [0.29, 0.717) is 6.04 Å². The van der Waals surface area contributed by atoms with Crippen LogP contribution in [0.15, 0.2) is 12.1 Å². The molecule has 104 valence electrons. The van der Waals surface area contributed by atoms with Gasteiger partial charge in [0.05, 0.1) is 0 Å². The predicted octanol–water partition coefficient (Wildman–Crippen LogP) is 5.18. The lowest BCUT2D eigenvalue weighted by molar-refractivity contribution is 0.400. The van der Waals surface area contributed by atoms with Crippen molar-refractivity contribution in [3.8, 4) is 0 Å². The number of hydrogen-bond acceptors (Lipinski definition) is 2. The monoisotopic (exact) mass is 267 g/mol. The zero-order chi connectivity index (χ0) is 13.4. The molecule has 2 atom stereocenters. The minimum absolute atomic E-state index is 0.506. The van der Waals surface area contributed by atoms with E-state index in [9.17, 15) is 0 Å². The summed E-state index contributed by atoms with van der Waals surface area (Å²) in [5, 5.41) is 3.71. The summed E-state index contributed by atoms with van der Waals surface area (Å²) >= 11 is 1.96. The summed E-state index contributed by atoms with van der Waals surface area (Å²) in [6.07, 6.45) is 6.51. The molecule has 0 aromatic carbocycles. The van der Waals surface area contributed by atoms with E-state index in [2.05, 4.69) is 45.1 Å². The molecule has 2 unspecified atom stereocenters. The van der Waals surface area contributed by atoms with Gasteiger partial charge in [-0.05, 0) is 44.4 Å². The van der Waals surface area contributed by atoms with Crippen LogP contribution in [0.1, 0.15) is 69.2 Å². The van der Waals surface area contributed by atoms with Crippen molar-refractivity contribution < 1.29 is 0 Å². The maximum absolute atomic E-state index is 3.71. The average Bonchev–Trinajstić information content (AvgIpc) is 2.87. The van der Waals surface area contributed by atoms with Crippen molar-refractivity contribution >= 4 is 11.3 Å². The average molecular weight is 267 g/mol. The summed E-state index contributed by atoms with van der Waals surface area (Å²) < 4.78 is 0. The maximum atomic E-state index is 3.71. The van der Waals surface area contributed by atoms with Crippen LogP contribution >= 0.6 is 11.3 Å². The number of thiophene rings is 1. The molecule has 0 aliphatic heterocycles. The number of hydrogen-bond donors (Lipinski definition) is 1. The van der Waals surface area contributed by atoms with Gasteiger partial charge in [0.25, 0.3) is 0 Å². The van der Waals surface area contributed by atoms with E-state index in [4.69, 9.17) is 0 Å². The third-order valence-electron chi connectivity index (χ3n) is 3.71. The van der Waals surface area contributed by atoms with Crippen LogP contribution in [-0.4, -0.2) is 6.54 Å². The Morgan fingerprint density at radius 2 is 2.00 bits per heavy atom. The van der Waals surface area contributed by atoms with Crippen LogP contribution in [0.3, 0.4) is 0 Å². The van der Waals surface area contributed by atoms with Gasteiger partial charge in [-0.3, -0.25) is 0 Å². The predicted molar refractivity (Wildman–Crippen MR) is 83.4 cm³/mol. The Morgan fingerprint density at radius 3 is 2.56 bits per heavy atom. The fourth-order valence-electron chi connectivity index (χ4n) is 2.20. The molecule has 1 N–H and O–H groups in total. The molecule has 1 nitrogen and oxygen atoms in total. The minimum atomic E-state index is 0.506. The standard InChI is InChI=1S/C16H29NS/c1-5-8-9-14(6-2)12-17-13(4)16-11-10-15(7-3)18-16/h10-11,13-14,17H,5-9,12H2,1-4H3. The van der Waals surface area contributed by atoms with Gasteiger partial charge in [-0.1, -0.05) is 40.0 Å². The highest BCUT2D eigenvalue weighted by Gasteiger charge is 2.11. The Balaban J connectivity index is 2.36. The van der Waals surface area contributed by atoms with Gasteiger partial charge in [0.1, 0.15) is 0 Å². The first-order chi connectivity index (χ1) is 8.71. The highest BCUT2D eigenvalue weighted by molar-refractivity contribution is 7.12. The summed E-state index contributed by atoms with van der Waals surface area (Å²) in [5.74, 6) is 0.845. The van der Waals surface area contributed by atoms with Crippen molar-refractivity contribution in [1.82, 2.24) is 5.32 Å². The Labute approximate surface area is 117 Å². The molecule has 0 spiro atoms. The summed E-state index contributed by atoms with van der Waals surface area (Å²) in [5.41, 5.74) is 0. The summed E-state index contributed by atoms with van der Waals surface area (Å²) in [7, 11) is 0. The molecule has 1 rings (SSSR count). The molecule has 0 bridgehead atoms. The van der Waals surface area contributed by atoms with Crippen LogP contribution < -0.4 is 5.32 Å². The van der Waals surface area contributed by atoms with E-state index < -0.39 is 0 Å². The van der Waals surface area contributed by atoms with Gasteiger partial charge in [0.15, 0.2) is 0 Å². The molecule has 1 aromatic rings. The van der Waals surface area contributed by atoms with Crippen molar-refractivity contribution in [2.24, 2.45) is 5.92 Å². The Bertz CT molecular complexity index is 319. The lowest BCUT2D eigenvalue weighted by atomic mass is 9.99. The van der Waals surface area contributed by atoms with Crippen LogP contribution in [0.25, 0.3) is 0 Å². The Kier molecular flexibility index (Phi) is 7.60. The van der Waals surface area contributed by atoms with Crippen molar-refractivity contribution in [3.05, 3.63) is 21.9 Å². The Hall–Kier alpha value is -0.340. The molecule has 0 fully saturated rings. The zero-order valence-electron chi connectivity index (χ0n) is 12.5. The molecule has 0 aliphatic rings. The van der Waals surface area contributed by atoms with E-state index in [1.54, 1.807) is 0 Å². The molecule has 18 heavy (non-hydrogen) atoms. The third kappa shape index (κ3) is 5.11. The van der Waals surface area contributed by atoms with E-state index in [-0.39, 0.29) is 0 Å². The topological polar surface area (TPSA) is 12.0 Å². The first-order valence-electron chi connectivity index (χ1n) is 7.53. The fraction of sp³-hybridized carbons (Fsp3) is 0.750. The molecule has 0 saturated heterocycles. The first kappa shape index (κ1) is 15.7. The smallest absolute Gasteiger partial charge is 0.0386 e. The second kappa shape index (κ2) is 8.71. The van der Waals surface area contributed by atoms with Crippen LogP contribution in [0, 0.1) is 5.92 Å². The SMILES string of the molecule is CCCCC(CC)CNC(C)c1ccc(CC)s1. The molecule has 1 aromatic heterocycles. The quantitative estimate of drug-likeness (QED) is 0.650. The highest BCUT2D eigenvalue weighted by Crippen LogP contribution is 2.24. The maximum Gasteiger partial charge on any atom is 0.0386 e. The molecule has 0 radical (unpaired) electrons. The number of aryl methyl sites for hydroxylation is 1. The van der Waals surface area contributed by atoms with Gasteiger partial charge in [0.2, 0.25) is 0 Å². The van der Waals surface area contributed by atoms with Crippen LogP contribution in [0.4, 0.5) is 0 Å². The van der Waals surface area contributed by atoms with Crippen molar-refractivity contribution in [2.45, 2.75) is 65.8 Å². The van der Waals surface area contributed by atoms with Crippen LogP contribution in [0.5, 0.6) is 0 Å². The molecule has 1 heterocycles. The summed E-state index contributed by atoms with van der Waals surface area (Å²) in [6.45, 7) is 10.3. The second-order valence-electron chi connectivity index (χ2n) is 5.20. The lowest BCUT2D eigenvalue weighted by Gasteiger charge is -2.19. The number of unbranched alkanes of at least 4 members (excludes halogenated alkanes) is 1. The van der Waals surface area contributed by atoms with Crippen molar-refractivity contribution in [3.63, 3.8) is 0 Å². The largest absolute Gasteiger partial charge is 0.309 e. The summed E-state index contributed by atoms with van der Waals surface area (Å²) in [4.78, 5) is 2.98. The fourth-order valence-corrected chi connectivity index (χ4v) is 3.18. The van der Waals surface area contributed by atoms with E-state index in [1.165, 1.54) is 35.4 Å². The minimum Gasteiger partial charge on any atom is -0.309 e. The summed E-state index contributed by atoms with van der Waals surface area (Å²) in [6, 6.07) is 5.06. The molecular weight excluding hydrogens is 238 g/mol. The second-order valence-corrected chi connectivity index (χ2v) is 6.40. The molecule has 0 saturated carbocycles. The molecule has 2 heteroatoms. The Morgan fingerprint density at radius 1 is 1.22 bits per heavy atom. The first-order valence-corrected chi connectivity index (χ1v) is 8.34. The van der Waals surface area contributed by atoms with Gasteiger partial charge >= 0.3 is 0 Å². The van der Waals surface area contributed by atoms with Gasteiger partial charge in [0, 0.05) is 15.8 Å². The lowest BCUT2D eigenvalue weighted by Crippen LogP contribution is -2.25. The number of rotatable bonds is 9. The van der Waals surface area contributed by atoms with Crippen LogP contribution in [0.2, 0.25) is 0 Å². The van der Waals surface area contributed by atoms with Crippen molar-refractivity contribution in [2.75, 3.05) is 6.54 Å². The molecule has 0 amide bonds. The highest BCUT2D eigenvalue weighted by atomic mass is 32.1. The van der Waals surface area contributed by atoms with E-state index >= 15 is 0 Å². The number of nitrogens with one attached hydrogen (secondary N) is 1. The van der Waals surface area contributed by atoms with E-state index in [0.717, 1.165) is 18.9 Å². The van der Waals surface area contributed by atoms with Gasteiger partial charge < -0.3 is 5.32 Å². The van der Waals surface area contributed by atoms with E-state index in [1.807, 2.05) is 11.3 Å². The normalized spacial score (nSPS) is 14.7. The van der Waals surface area contributed by atoms with Gasteiger partial charge in [-0.25, -0.2) is 0 Å².